The normalized spacial score (nSPS) is 10.7. The van der Waals surface area contributed by atoms with E-state index in [0.717, 1.165) is 16.9 Å². The molecule has 0 aliphatic carbocycles. The third-order valence-electron chi connectivity index (χ3n) is 3.04. The number of aryl methyl sites for hydroxylation is 1. The number of amides is 1. The van der Waals surface area contributed by atoms with Crippen molar-refractivity contribution in [1.82, 2.24) is 19.7 Å². The molecule has 0 aromatic carbocycles. The average Bonchev–Trinajstić information content (AvgIpc) is 2.87. The molecular weight excluding hydrogens is 252 g/mol. The molecule has 0 saturated heterocycles. The highest BCUT2D eigenvalue weighted by Gasteiger charge is 2.06. The van der Waals surface area contributed by atoms with Crippen LogP contribution in [0.4, 0.5) is 0 Å². The molecule has 0 aliphatic heterocycles. The van der Waals surface area contributed by atoms with Gasteiger partial charge < -0.3 is 9.72 Å². The predicted molar refractivity (Wildman–Crippen MR) is 75.3 cm³/mol. The SMILES string of the molecule is Cc1ccn2cc(CNC(=O)c3ccncc3)nc2c1. The zero-order valence-electron chi connectivity index (χ0n) is 11.1. The van der Waals surface area contributed by atoms with Crippen molar-refractivity contribution >= 4 is 11.6 Å². The van der Waals surface area contributed by atoms with E-state index >= 15 is 0 Å². The number of nitrogens with zero attached hydrogens (tertiary/aromatic N) is 3. The summed E-state index contributed by atoms with van der Waals surface area (Å²) in [5, 5.41) is 2.85. The maximum absolute atomic E-state index is 11.9. The van der Waals surface area contributed by atoms with Crippen molar-refractivity contribution in [2.24, 2.45) is 0 Å². The molecule has 3 aromatic rings. The highest BCUT2D eigenvalue weighted by molar-refractivity contribution is 5.93. The molecule has 100 valence electrons. The molecule has 0 aliphatic rings. The van der Waals surface area contributed by atoms with E-state index in [1.807, 2.05) is 35.9 Å². The van der Waals surface area contributed by atoms with Crippen molar-refractivity contribution in [1.29, 1.82) is 0 Å². The highest BCUT2D eigenvalue weighted by Crippen LogP contribution is 2.07. The Morgan fingerprint density at radius 2 is 2.10 bits per heavy atom. The average molecular weight is 266 g/mol. The number of rotatable bonds is 3. The lowest BCUT2D eigenvalue weighted by Gasteiger charge is -2.02. The van der Waals surface area contributed by atoms with Gasteiger partial charge in [-0.2, -0.15) is 0 Å². The molecule has 1 N–H and O–H groups in total. The Bertz CT molecular complexity index is 749. The monoisotopic (exact) mass is 266 g/mol. The molecule has 1 amide bonds. The van der Waals surface area contributed by atoms with Gasteiger partial charge in [0.25, 0.3) is 5.91 Å². The van der Waals surface area contributed by atoms with Gasteiger partial charge in [-0.1, -0.05) is 0 Å². The van der Waals surface area contributed by atoms with E-state index in [4.69, 9.17) is 0 Å². The number of hydrogen-bond acceptors (Lipinski definition) is 3. The third-order valence-corrected chi connectivity index (χ3v) is 3.04. The zero-order valence-corrected chi connectivity index (χ0v) is 11.1. The number of nitrogens with one attached hydrogen (secondary N) is 1. The van der Waals surface area contributed by atoms with Crippen molar-refractivity contribution in [3.8, 4) is 0 Å². The van der Waals surface area contributed by atoms with Gasteiger partial charge in [-0.3, -0.25) is 9.78 Å². The number of carbonyl (C=O) groups is 1. The summed E-state index contributed by atoms with van der Waals surface area (Å²) in [4.78, 5) is 20.3. The number of aromatic nitrogens is 3. The molecule has 3 aromatic heterocycles. The lowest BCUT2D eigenvalue weighted by Crippen LogP contribution is -2.22. The van der Waals surface area contributed by atoms with Crippen LogP contribution in [-0.4, -0.2) is 20.3 Å². The molecule has 0 spiro atoms. The first kappa shape index (κ1) is 12.3. The van der Waals surface area contributed by atoms with Gasteiger partial charge in [-0.15, -0.1) is 0 Å². The number of imidazole rings is 1. The van der Waals surface area contributed by atoms with Gasteiger partial charge in [0, 0.05) is 30.4 Å². The van der Waals surface area contributed by atoms with Gasteiger partial charge in [0.2, 0.25) is 0 Å². The van der Waals surface area contributed by atoms with Crippen LogP contribution in [-0.2, 0) is 6.54 Å². The van der Waals surface area contributed by atoms with Gasteiger partial charge in [-0.25, -0.2) is 4.98 Å². The Hall–Kier alpha value is -2.69. The van der Waals surface area contributed by atoms with E-state index in [2.05, 4.69) is 15.3 Å². The number of carbonyl (C=O) groups excluding carboxylic acids is 1. The van der Waals surface area contributed by atoms with E-state index in [0.29, 0.717) is 12.1 Å². The number of pyridine rings is 2. The highest BCUT2D eigenvalue weighted by atomic mass is 16.1. The fourth-order valence-corrected chi connectivity index (χ4v) is 2.00. The number of hydrogen-bond donors (Lipinski definition) is 1. The van der Waals surface area contributed by atoms with Gasteiger partial charge in [0.15, 0.2) is 0 Å². The molecular formula is C15H14N4O. The fraction of sp³-hybridized carbons (Fsp3) is 0.133. The second-order valence-corrected chi connectivity index (χ2v) is 4.62. The Morgan fingerprint density at radius 1 is 1.30 bits per heavy atom. The molecule has 0 unspecified atom stereocenters. The summed E-state index contributed by atoms with van der Waals surface area (Å²) in [5.41, 5.74) is 3.48. The van der Waals surface area contributed by atoms with Gasteiger partial charge >= 0.3 is 0 Å². The molecule has 3 heterocycles. The maximum Gasteiger partial charge on any atom is 0.251 e. The van der Waals surface area contributed by atoms with Crippen LogP contribution in [0.15, 0.2) is 49.1 Å². The molecule has 3 rings (SSSR count). The molecule has 0 bridgehead atoms. The standard InChI is InChI=1S/C15H14N4O/c1-11-4-7-19-10-13(18-14(19)8-11)9-17-15(20)12-2-5-16-6-3-12/h2-8,10H,9H2,1H3,(H,17,20). The molecule has 0 atom stereocenters. The second-order valence-electron chi connectivity index (χ2n) is 4.62. The van der Waals surface area contributed by atoms with E-state index in [9.17, 15) is 4.79 Å². The smallest absolute Gasteiger partial charge is 0.251 e. The zero-order chi connectivity index (χ0) is 13.9. The quantitative estimate of drug-likeness (QED) is 0.788. The van der Waals surface area contributed by atoms with Crippen molar-refractivity contribution in [2.75, 3.05) is 0 Å². The van der Waals surface area contributed by atoms with Gasteiger partial charge in [0.05, 0.1) is 12.2 Å². The van der Waals surface area contributed by atoms with E-state index in [1.165, 1.54) is 0 Å². The summed E-state index contributed by atoms with van der Waals surface area (Å²) in [5.74, 6) is -0.124. The first-order chi connectivity index (χ1) is 9.72. The van der Waals surface area contributed by atoms with Crippen LogP contribution in [0.5, 0.6) is 0 Å². The maximum atomic E-state index is 11.9. The number of fused-ring (bicyclic) bond motifs is 1. The Morgan fingerprint density at radius 3 is 2.90 bits per heavy atom. The first-order valence-corrected chi connectivity index (χ1v) is 6.35. The minimum Gasteiger partial charge on any atom is -0.346 e. The van der Waals surface area contributed by atoms with Crippen molar-refractivity contribution < 1.29 is 4.79 Å². The van der Waals surface area contributed by atoms with Crippen molar-refractivity contribution in [3.63, 3.8) is 0 Å². The van der Waals surface area contributed by atoms with Crippen LogP contribution in [0, 0.1) is 6.92 Å². The molecule has 0 saturated carbocycles. The van der Waals surface area contributed by atoms with Crippen LogP contribution < -0.4 is 5.32 Å². The lowest BCUT2D eigenvalue weighted by atomic mass is 10.2. The minimum atomic E-state index is -0.124. The Balaban J connectivity index is 1.72. The molecule has 5 heteroatoms. The van der Waals surface area contributed by atoms with Crippen molar-refractivity contribution in [3.05, 3.63) is 65.9 Å². The topological polar surface area (TPSA) is 59.3 Å². The summed E-state index contributed by atoms with van der Waals surface area (Å²) in [6, 6.07) is 7.40. The van der Waals surface area contributed by atoms with Gasteiger partial charge in [-0.05, 0) is 36.8 Å². The first-order valence-electron chi connectivity index (χ1n) is 6.35. The molecule has 0 radical (unpaired) electrons. The van der Waals surface area contributed by atoms with Crippen LogP contribution >= 0.6 is 0 Å². The largest absolute Gasteiger partial charge is 0.346 e. The van der Waals surface area contributed by atoms with Crippen LogP contribution in [0.3, 0.4) is 0 Å². The lowest BCUT2D eigenvalue weighted by molar-refractivity contribution is 0.0950. The Labute approximate surface area is 116 Å². The summed E-state index contributed by atoms with van der Waals surface area (Å²) >= 11 is 0. The van der Waals surface area contributed by atoms with E-state index in [1.54, 1.807) is 24.5 Å². The Kier molecular flexibility index (Phi) is 3.16. The summed E-state index contributed by atoms with van der Waals surface area (Å²) < 4.78 is 1.95. The van der Waals surface area contributed by atoms with Crippen LogP contribution in [0.2, 0.25) is 0 Å². The molecule has 20 heavy (non-hydrogen) atoms. The van der Waals surface area contributed by atoms with E-state index < -0.39 is 0 Å². The molecule has 0 fully saturated rings. The summed E-state index contributed by atoms with van der Waals surface area (Å²) in [6.07, 6.45) is 7.08. The summed E-state index contributed by atoms with van der Waals surface area (Å²) in [6.45, 7) is 2.43. The van der Waals surface area contributed by atoms with E-state index in [-0.39, 0.29) is 5.91 Å². The predicted octanol–water partition coefficient (Wildman–Crippen LogP) is 1.97. The fourth-order valence-electron chi connectivity index (χ4n) is 2.00. The second kappa shape index (κ2) is 5.13. The molecule has 5 nitrogen and oxygen atoms in total. The minimum absolute atomic E-state index is 0.124. The van der Waals surface area contributed by atoms with Gasteiger partial charge in [0.1, 0.15) is 5.65 Å². The van der Waals surface area contributed by atoms with Crippen LogP contribution in [0.1, 0.15) is 21.6 Å². The van der Waals surface area contributed by atoms with Crippen LogP contribution in [0.25, 0.3) is 5.65 Å². The third kappa shape index (κ3) is 2.51. The summed E-state index contributed by atoms with van der Waals surface area (Å²) in [7, 11) is 0. The van der Waals surface area contributed by atoms with Crippen molar-refractivity contribution in [2.45, 2.75) is 13.5 Å².